The Labute approximate surface area is 235 Å². The zero-order chi connectivity index (χ0) is 24.8. The molecule has 1 aromatic heterocycles. The normalized spacial score (nSPS) is 11.7. The fourth-order valence-corrected chi connectivity index (χ4v) is 5.97. The van der Waals surface area contributed by atoms with E-state index in [9.17, 15) is 0 Å². The number of unbranched alkanes of at least 4 members (excludes halogenated alkanes) is 1. The van der Waals surface area contributed by atoms with E-state index in [1.54, 1.807) is 0 Å². The average molecular weight is 663 g/mol. The molecule has 0 amide bonds. The first-order valence-electron chi connectivity index (χ1n) is 12.1. The van der Waals surface area contributed by atoms with E-state index in [1.165, 1.54) is 34.6 Å². The SMILES string of the molecule is CCCCc1ccc(-n2c(-c3ccc(Br)cc3)nc3c4ccc(Br)cc4c4cc(Br)ccc4c32)cc1. The minimum Gasteiger partial charge on any atom is -0.292 e. The molecular weight excluding hydrogens is 640 g/mol. The third-order valence-corrected chi connectivity index (χ3v) is 8.27. The van der Waals surface area contributed by atoms with Crippen molar-refractivity contribution in [3.8, 4) is 17.1 Å². The molecule has 6 rings (SSSR count). The summed E-state index contributed by atoms with van der Waals surface area (Å²) in [6, 6.07) is 30.5. The molecule has 0 aliphatic heterocycles. The van der Waals surface area contributed by atoms with Crippen molar-refractivity contribution in [2.45, 2.75) is 26.2 Å². The number of rotatable bonds is 5. The first kappa shape index (κ1) is 23.9. The smallest absolute Gasteiger partial charge is 0.145 e. The van der Waals surface area contributed by atoms with Crippen LogP contribution < -0.4 is 0 Å². The van der Waals surface area contributed by atoms with Crippen molar-refractivity contribution < 1.29 is 0 Å². The Balaban J connectivity index is 1.74. The molecule has 0 unspecified atom stereocenters. The summed E-state index contributed by atoms with van der Waals surface area (Å²) in [5, 5.41) is 4.73. The van der Waals surface area contributed by atoms with E-state index >= 15 is 0 Å². The van der Waals surface area contributed by atoms with Gasteiger partial charge < -0.3 is 0 Å². The zero-order valence-electron chi connectivity index (χ0n) is 19.7. The minimum atomic E-state index is 0.943. The van der Waals surface area contributed by atoms with Gasteiger partial charge in [-0.15, -0.1) is 0 Å². The van der Waals surface area contributed by atoms with Crippen LogP contribution in [-0.4, -0.2) is 9.55 Å². The van der Waals surface area contributed by atoms with Gasteiger partial charge in [-0.25, -0.2) is 4.98 Å². The average Bonchev–Trinajstić information content (AvgIpc) is 3.29. The summed E-state index contributed by atoms with van der Waals surface area (Å²) in [5.74, 6) is 0.943. The first-order valence-corrected chi connectivity index (χ1v) is 14.5. The van der Waals surface area contributed by atoms with E-state index in [2.05, 4.69) is 144 Å². The van der Waals surface area contributed by atoms with E-state index in [0.717, 1.165) is 53.3 Å². The molecule has 36 heavy (non-hydrogen) atoms. The molecule has 1 heterocycles. The number of aryl methyl sites for hydroxylation is 1. The van der Waals surface area contributed by atoms with E-state index < -0.39 is 0 Å². The van der Waals surface area contributed by atoms with Gasteiger partial charge in [-0.05, 0) is 77.7 Å². The molecule has 0 saturated carbocycles. The Kier molecular flexibility index (Phi) is 6.49. The molecule has 2 nitrogen and oxygen atoms in total. The van der Waals surface area contributed by atoms with Crippen LogP contribution in [-0.2, 0) is 6.42 Å². The van der Waals surface area contributed by atoms with Crippen LogP contribution in [0.1, 0.15) is 25.3 Å². The summed E-state index contributed by atoms with van der Waals surface area (Å²) in [4.78, 5) is 5.31. The van der Waals surface area contributed by atoms with Gasteiger partial charge in [0.25, 0.3) is 0 Å². The number of hydrogen-bond donors (Lipinski definition) is 0. The second-order valence-corrected chi connectivity index (χ2v) is 11.9. The van der Waals surface area contributed by atoms with E-state index in [1.807, 2.05) is 0 Å². The van der Waals surface area contributed by atoms with Crippen LogP contribution in [0.15, 0.2) is 98.3 Å². The molecular formula is C31H23Br3N2. The van der Waals surface area contributed by atoms with E-state index in [-0.39, 0.29) is 0 Å². The standard InChI is InChI=1S/C31H23Br3N2/c1-2-3-4-19-5-13-24(14-6-19)36-30-26-16-12-23(34)18-28(26)27-17-22(33)11-15-25(27)29(30)35-31(36)20-7-9-21(32)10-8-20/h5-18H,2-4H2,1H3. The summed E-state index contributed by atoms with van der Waals surface area (Å²) in [6.45, 7) is 2.24. The van der Waals surface area contributed by atoms with Crippen LogP contribution in [0.4, 0.5) is 0 Å². The molecule has 0 bridgehead atoms. The van der Waals surface area contributed by atoms with E-state index in [4.69, 9.17) is 4.98 Å². The fraction of sp³-hybridized carbons (Fsp3) is 0.129. The van der Waals surface area contributed by atoms with Crippen LogP contribution >= 0.6 is 47.8 Å². The number of halogens is 3. The predicted molar refractivity (Wildman–Crippen MR) is 163 cm³/mol. The second-order valence-electron chi connectivity index (χ2n) is 9.12. The van der Waals surface area contributed by atoms with Gasteiger partial charge in [-0.3, -0.25) is 4.57 Å². The van der Waals surface area contributed by atoms with Gasteiger partial charge in [0.05, 0.1) is 11.0 Å². The van der Waals surface area contributed by atoms with Crippen LogP contribution in [0, 0.1) is 0 Å². The first-order chi connectivity index (χ1) is 17.5. The van der Waals surface area contributed by atoms with Gasteiger partial charge >= 0.3 is 0 Å². The number of imidazole rings is 1. The number of aromatic nitrogens is 2. The lowest BCUT2D eigenvalue weighted by Gasteiger charge is -2.13. The molecule has 0 N–H and O–H groups in total. The highest BCUT2D eigenvalue weighted by molar-refractivity contribution is 9.11. The highest BCUT2D eigenvalue weighted by Gasteiger charge is 2.20. The monoisotopic (exact) mass is 660 g/mol. The molecule has 5 heteroatoms. The topological polar surface area (TPSA) is 17.8 Å². The van der Waals surface area contributed by atoms with Gasteiger partial charge in [0.1, 0.15) is 5.82 Å². The Morgan fingerprint density at radius 1 is 0.667 bits per heavy atom. The lowest BCUT2D eigenvalue weighted by Crippen LogP contribution is -1.99. The lowest BCUT2D eigenvalue weighted by molar-refractivity contribution is 0.795. The van der Waals surface area contributed by atoms with Gasteiger partial charge in [0.2, 0.25) is 0 Å². The highest BCUT2D eigenvalue weighted by Crippen LogP contribution is 2.40. The van der Waals surface area contributed by atoms with Crippen LogP contribution in [0.2, 0.25) is 0 Å². The summed E-state index contributed by atoms with van der Waals surface area (Å²) in [6.07, 6.45) is 3.52. The van der Waals surface area contributed by atoms with Gasteiger partial charge in [0.15, 0.2) is 0 Å². The molecule has 0 aliphatic rings. The number of fused-ring (bicyclic) bond motifs is 6. The Morgan fingerprint density at radius 3 is 1.94 bits per heavy atom. The Bertz CT molecular complexity index is 1730. The molecule has 0 radical (unpaired) electrons. The Hall–Kier alpha value is -2.47. The molecule has 0 spiro atoms. The van der Waals surface area contributed by atoms with Crippen molar-refractivity contribution in [1.29, 1.82) is 0 Å². The minimum absolute atomic E-state index is 0.943. The van der Waals surface area contributed by atoms with Crippen molar-refractivity contribution in [3.63, 3.8) is 0 Å². The number of benzene rings is 5. The second kappa shape index (κ2) is 9.77. The molecule has 6 aromatic rings. The Morgan fingerprint density at radius 2 is 1.28 bits per heavy atom. The third kappa shape index (κ3) is 4.21. The largest absolute Gasteiger partial charge is 0.292 e. The molecule has 178 valence electrons. The summed E-state index contributed by atoms with van der Waals surface area (Å²) >= 11 is 11.0. The van der Waals surface area contributed by atoms with Crippen molar-refractivity contribution in [3.05, 3.63) is 104 Å². The quantitative estimate of drug-likeness (QED) is 0.168. The van der Waals surface area contributed by atoms with Crippen LogP contribution in [0.3, 0.4) is 0 Å². The molecule has 0 saturated heterocycles. The molecule has 5 aromatic carbocycles. The van der Waals surface area contributed by atoms with Crippen LogP contribution in [0.5, 0.6) is 0 Å². The summed E-state index contributed by atoms with van der Waals surface area (Å²) < 4.78 is 5.51. The van der Waals surface area contributed by atoms with Crippen molar-refractivity contribution in [2.24, 2.45) is 0 Å². The maximum Gasteiger partial charge on any atom is 0.145 e. The van der Waals surface area contributed by atoms with Crippen LogP contribution in [0.25, 0.3) is 49.7 Å². The van der Waals surface area contributed by atoms with E-state index in [0.29, 0.717) is 0 Å². The summed E-state index contributed by atoms with van der Waals surface area (Å²) in [5.41, 5.74) is 5.72. The van der Waals surface area contributed by atoms with Crippen molar-refractivity contribution >= 4 is 80.4 Å². The van der Waals surface area contributed by atoms with Crippen molar-refractivity contribution in [2.75, 3.05) is 0 Å². The number of hydrogen-bond acceptors (Lipinski definition) is 1. The molecule has 0 fully saturated rings. The predicted octanol–water partition coefficient (Wildman–Crippen LogP) is 10.6. The molecule has 0 aliphatic carbocycles. The van der Waals surface area contributed by atoms with Gasteiger partial charge in [-0.1, -0.05) is 97.5 Å². The molecule has 0 atom stereocenters. The maximum atomic E-state index is 5.31. The van der Waals surface area contributed by atoms with Crippen molar-refractivity contribution in [1.82, 2.24) is 9.55 Å². The fourth-order valence-electron chi connectivity index (χ4n) is 4.98. The van der Waals surface area contributed by atoms with Gasteiger partial charge in [0, 0.05) is 35.4 Å². The lowest BCUT2D eigenvalue weighted by atomic mass is 10.00. The number of nitrogens with zero attached hydrogens (tertiary/aromatic N) is 2. The van der Waals surface area contributed by atoms with Gasteiger partial charge in [-0.2, -0.15) is 0 Å². The maximum absolute atomic E-state index is 5.31. The zero-order valence-corrected chi connectivity index (χ0v) is 24.5. The third-order valence-electron chi connectivity index (χ3n) is 6.76. The highest BCUT2D eigenvalue weighted by atomic mass is 79.9. The summed E-state index contributed by atoms with van der Waals surface area (Å²) in [7, 11) is 0.